The van der Waals surface area contributed by atoms with Crippen molar-refractivity contribution in [1.82, 2.24) is 15.1 Å². The fraction of sp³-hybridized carbons (Fsp3) is 0.207. The van der Waals surface area contributed by atoms with Gasteiger partial charge in [-0.2, -0.15) is 5.10 Å². The molecule has 1 aliphatic rings. The number of anilines is 1. The van der Waals surface area contributed by atoms with Gasteiger partial charge in [0.25, 0.3) is 5.91 Å². The number of hydrogen-bond acceptors (Lipinski definition) is 3. The lowest BCUT2D eigenvalue weighted by Gasteiger charge is -2.43. The zero-order chi connectivity index (χ0) is 24.6. The first kappa shape index (κ1) is 22.6. The maximum Gasteiger partial charge on any atom is 0.277 e. The van der Waals surface area contributed by atoms with Gasteiger partial charge in [-0.15, -0.1) is 0 Å². The summed E-state index contributed by atoms with van der Waals surface area (Å²) in [4.78, 5) is 29.4. The average molecular weight is 465 g/mol. The third kappa shape index (κ3) is 4.01. The van der Waals surface area contributed by atoms with Gasteiger partial charge in [-0.3, -0.25) is 19.2 Å². The van der Waals surface area contributed by atoms with Gasteiger partial charge in [-0.05, 0) is 49.6 Å². The summed E-state index contributed by atoms with van der Waals surface area (Å²) in [5, 5.41) is 7.78. The summed E-state index contributed by atoms with van der Waals surface area (Å²) in [7, 11) is 0. The smallest absolute Gasteiger partial charge is 0.277 e. The van der Waals surface area contributed by atoms with Gasteiger partial charge in [0.05, 0.1) is 12.2 Å². The van der Waals surface area contributed by atoms with Gasteiger partial charge in [0.2, 0.25) is 5.91 Å². The van der Waals surface area contributed by atoms with Crippen LogP contribution in [0.2, 0.25) is 0 Å². The van der Waals surface area contributed by atoms with E-state index in [2.05, 4.69) is 5.32 Å². The molecule has 0 saturated carbocycles. The van der Waals surface area contributed by atoms with Gasteiger partial charge in [-0.1, -0.05) is 72.8 Å². The molecule has 5 rings (SSSR count). The zero-order valence-corrected chi connectivity index (χ0v) is 20.2. The molecule has 6 heteroatoms. The van der Waals surface area contributed by atoms with Crippen LogP contribution in [-0.4, -0.2) is 27.1 Å². The minimum Gasteiger partial charge on any atom is -0.350 e. The van der Waals surface area contributed by atoms with E-state index >= 15 is 0 Å². The number of nitrogens with one attached hydrogen (secondary N) is 1. The van der Waals surface area contributed by atoms with E-state index < -0.39 is 5.54 Å². The van der Waals surface area contributed by atoms with E-state index in [4.69, 9.17) is 5.10 Å². The monoisotopic (exact) mass is 464 g/mol. The molecule has 2 heterocycles. The molecule has 2 amide bonds. The molecule has 1 N–H and O–H groups in total. The molecule has 1 aliphatic heterocycles. The van der Waals surface area contributed by atoms with Crippen molar-refractivity contribution < 1.29 is 9.59 Å². The molecule has 0 spiro atoms. The lowest BCUT2D eigenvalue weighted by molar-refractivity contribution is -0.126. The van der Waals surface area contributed by atoms with Crippen molar-refractivity contribution in [1.29, 1.82) is 0 Å². The van der Waals surface area contributed by atoms with E-state index in [0.717, 1.165) is 27.9 Å². The van der Waals surface area contributed by atoms with Crippen molar-refractivity contribution >= 4 is 17.5 Å². The maximum atomic E-state index is 14.0. The number of amides is 2. The number of rotatable bonds is 5. The molecule has 3 aromatic carbocycles. The lowest BCUT2D eigenvalue weighted by atomic mass is 9.92. The predicted octanol–water partition coefficient (Wildman–Crippen LogP) is 4.90. The number of benzene rings is 3. The van der Waals surface area contributed by atoms with Crippen LogP contribution in [0.25, 0.3) is 11.3 Å². The Morgan fingerprint density at radius 2 is 1.66 bits per heavy atom. The van der Waals surface area contributed by atoms with Crippen molar-refractivity contribution in [2.75, 3.05) is 4.90 Å². The van der Waals surface area contributed by atoms with E-state index in [1.807, 2.05) is 106 Å². The van der Waals surface area contributed by atoms with Crippen molar-refractivity contribution in [3.05, 3.63) is 107 Å². The van der Waals surface area contributed by atoms with Crippen LogP contribution in [0, 0.1) is 13.8 Å². The highest BCUT2D eigenvalue weighted by atomic mass is 16.2. The van der Waals surface area contributed by atoms with E-state index in [0.29, 0.717) is 17.9 Å². The number of aryl methyl sites for hydroxylation is 1. The number of carbonyl (C=O) groups excluding carboxylic acids is 2. The molecule has 1 atom stereocenters. The molecular formula is C29H28N4O2. The SMILES string of the molecule is Cc1cccc(N2C(=O)c3cc(-c4ccccc4)nn3C[C@@]2(C)C(=O)NCc2ccccc2)c1C. The normalized spacial score (nSPS) is 17.2. The van der Waals surface area contributed by atoms with Gasteiger partial charge in [0.15, 0.2) is 0 Å². The van der Waals surface area contributed by atoms with Crippen LogP contribution in [0.15, 0.2) is 84.9 Å². The first-order chi connectivity index (χ1) is 16.9. The van der Waals surface area contributed by atoms with Crippen molar-refractivity contribution in [3.8, 4) is 11.3 Å². The summed E-state index contributed by atoms with van der Waals surface area (Å²) in [5.41, 5.74) is 4.71. The molecule has 0 fully saturated rings. The second-order valence-electron chi connectivity index (χ2n) is 9.24. The van der Waals surface area contributed by atoms with Gasteiger partial charge < -0.3 is 5.32 Å². The molecule has 0 aliphatic carbocycles. The Morgan fingerprint density at radius 3 is 2.37 bits per heavy atom. The van der Waals surface area contributed by atoms with Crippen LogP contribution >= 0.6 is 0 Å². The largest absolute Gasteiger partial charge is 0.350 e. The Balaban J connectivity index is 1.58. The standard InChI is InChI=1S/C29H28N4O2/c1-20-11-10-16-25(21(20)2)33-27(34)26-17-24(23-14-8-5-9-15-23)31-32(26)19-29(33,3)28(35)30-18-22-12-6-4-7-13-22/h4-17H,18-19H2,1-3H3,(H,30,35)/t29-/m0/s1. The van der Waals surface area contributed by atoms with Gasteiger partial charge in [-0.25, -0.2) is 0 Å². The van der Waals surface area contributed by atoms with Gasteiger partial charge in [0, 0.05) is 17.8 Å². The first-order valence-electron chi connectivity index (χ1n) is 11.7. The molecule has 176 valence electrons. The number of aromatic nitrogens is 2. The van der Waals surface area contributed by atoms with Crippen LogP contribution in [0.1, 0.15) is 34.1 Å². The minimum absolute atomic E-state index is 0.224. The van der Waals surface area contributed by atoms with Crippen molar-refractivity contribution in [2.45, 2.75) is 39.4 Å². The number of hydrogen-bond donors (Lipinski definition) is 1. The summed E-state index contributed by atoms with van der Waals surface area (Å²) in [5.74, 6) is -0.463. The molecule has 4 aromatic rings. The van der Waals surface area contributed by atoms with Crippen LogP contribution < -0.4 is 10.2 Å². The highest BCUT2D eigenvalue weighted by Gasteiger charge is 2.49. The maximum absolute atomic E-state index is 14.0. The van der Waals surface area contributed by atoms with Crippen LogP contribution in [0.4, 0.5) is 5.69 Å². The molecule has 6 nitrogen and oxygen atoms in total. The summed E-state index contributed by atoms with van der Waals surface area (Å²) < 4.78 is 1.67. The van der Waals surface area contributed by atoms with E-state index in [9.17, 15) is 9.59 Å². The molecule has 0 radical (unpaired) electrons. The lowest BCUT2D eigenvalue weighted by Crippen LogP contribution is -2.64. The second kappa shape index (κ2) is 8.87. The molecule has 1 aromatic heterocycles. The Kier molecular flexibility index (Phi) is 5.73. The summed E-state index contributed by atoms with van der Waals surface area (Å²) in [6.07, 6.45) is 0. The summed E-state index contributed by atoms with van der Waals surface area (Å²) in [6, 6.07) is 27.2. The average Bonchev–Trinajstić information content (AvgIpc) is 3.30. The molecule has 0 unspecified atom stereocenters. The van der Waals surface area contributed by atoms with Crippen molar-refractivity contribution in [3.63, 3.8) is 0 Å². The number of carbonyl (C=O) groups is 2. The van der Waals surface area contributed by atoms with Gasteiger partial charge in [0.1, 0.15) is 11.2 Å². The Bertz CT molecular complexity index is 1390. The number of fused-ring (bicyclic) bond motifs is 1. The molecule has 0 saturated heterocycles. The predicted molar refractivity (Wildman–Crippen MR) is 137 cm³/mol. The van der Waals surface area contributed by atoms with E-state index in [1.54, 1.807) is 9.58 Å². The Morgan fingerprint density at radius 1 is 0.971 bits per heavy atom. The molecule has 0 bridgehead atoms. The highest BCUT2D eigenvalue weighted by Crippen LogP contribution is 2.36. The first-order valence-corrected chi connectivity index (χ1v) is 11.7. The third-order valence-corrected chi connectivity index (χ3v) is 6.82. The summed E-state index contributed by atoms with van der Waals surface area (Å²) >= 11 is 0. The fourth-order valence-electron chi connectivity index (χ4n) is 4.66. The Labute approximate surface area is 205 Å². The quantitative estimate of drug-likeness (QED) is 0.457. The second-order valence-corrected chi connectivity index (χ2v) is 9.24. The highest BCUT2D eigenvalue weighted by molar-refractivity contribution is 6.12. The van der Waals surface area contributed by atoms with E-state index in [-0.39, 0.29) is 18.4 Å². The van der Waals surface area contributed by atoms with Crippen LogP contribution in [0.5, 0.6) is 0 Å². The molecular weight excluding hydrogens is 436 g/mol. The van der Waals surface area contributed by atoms with Crippen molar-refractivity contribution in [2.24, 2.45) is 0 Å². The molecule has 35 heavy (non-hydrogen) atoms. The minimum atomic E-state index is -1.17. The summed E-state index contributed by atoms with van der Waals surface area (Å²) in [6.45, 7) is 6.44. The van der Waals surface area contributed by atoms with Crippen LogP contribution in [0.3, 0.4) is 0 Å². The third-order valence-electron chi connectivity index (χ3n) is 6.82. The topological polar surface area (TPSA) is 67.2 Å². The van der Waals surface area contributed by atoms with E-state index in [1.165, 1.54) is 0 Å². The van der Waals surface area contributed by atoms with Crippen LogP contribution in [-0.2, 0) is 17.9 Å². The van der Waals surface area contributed by atoms with Gasteiger partial charge >= 0.3 is 0 Å². The fourth-order valence-corrected chi connectivity index (χ4v) is 4.66. The Hall–Kier alpha value is -4.19. The number of nitrogens with zero attached hydrogens (tertiary/aromatic N) is 3. The zero-order valence-electron chi connectivity index (χ0n) is 20.2.